The van der Waals surface area contributed by atoms with E-state index >= 15 is 0 Å². The Bertz CT molecular complexity index is 606. The lowest BCUT2D eigenvalue weighted by Crippen LogP contribution is -2.13. The second-order valence-corrected chi connectivity index (χ2v) is 3.50. The van der Waals surface area contributed by atoms with E-state index in [1.165, 1.54) is 0 Å². The number of anilines is 1. The van der Waals surface area contributed by atoms with E-state index in [-0.39, 0.29) is 5.69 Å². The van der Waals surface area contributed by atoms with Crippen LogP contribution >= 0.6 is 0 Å². The van der Waals surface area contributed by atoms with Crippen LogP contribution in [0.2, 0.25) is 0 Å². The Labute approximate surface area is 101 Å². The molecule has 7 nitrogen and oxygen atoms in total. The minimum atomic E-state index is -1.28. The van der Waals surface area contributed by atoms with Crippen LogP contribution in [0.5, 0.6) is 0 Å². The van der Waals surface area contributed by atoms with Crippen molar-refractivity contribution in [1.29, 1.82) is 0 Å². The number of carbonyl (C=O) groups is 2. The maximum atomic E-state index is 11.7. The van der Waals surface area contributed by atoms with Gasteiger partial charge in [0.2, 0.25) is 5.76 Å². The monoisotopic (exact) mass is 247 g/mol. The Morgan fingerprint density at radius 2 is 2.17 bits per heavy atom. The number of hydrogen-bond acceptors (Lipinski definition) is 5. The number of aromatic carboxylic acids is 1. The minimum Gasteiger partial charge on any atom is -0.475 e. The van der Waals surface area contributed by atoms with Crippen molar-refractivity contribution >= 4 is 17.7 Å². The number of nitrogens with one attached hydrogen (secondary N) is 1. The standard InChI is InChI=1S/C11H9N3O4/c1-6-3-2-4-9(12-6)13-10(15)7-5-8(11(16)17)18-14-7/h2-5H,1H3,(H,16,17)(H,12,13,15). The molecule has 18 heavy (non-hydrogen) atoms. The molecule has 2 aromatic rings. The zero-order valence-electron chi connectivity index (χ0n) is 9.38. The fraction of sp³-hybridized carbons (Fsp3) is 0.0909. The smallest absolute Gasteiger partial charge is 0.374 e. The minimum absolute atomic E-state index is 0.115. The van der Waals surface area contributed by atoms with E-state index in [9.17, 15) is 9.59 Å². The molecule has 92 valence electrons. The number of carboxylic acids is 1. The molecule has 0 aromatic carbocycles. The van der Waals surface area contributed by atoms with Crippen molar-refractivity contribution in [2.45, 2.75) is 6.92 Å². The number of pyridine rings is 1. The molecule has 0 bridgehead atoms. The molecule has 2 N–H and O–H groups in total. The van der Waals surface area contributed by atoms with E-state index < -0.39 is 17.6 Å². The summed E-state index contributed by atoms with van der Waals surface area (Å²) in [4.78, 5) is 26.3. The first-order chi connectivity index (χ1) is 8.56. The number of carbonyl (C=O) groups excluding carboxylic acids is 1. The van der Waals surface area contributed by atoms with Gasteiger partial charge in [-0.3, -0.25) is 4.79 Å². The Morgan fingerprint density at radius 3 is 2.78 bits per heavy atom. The third kappa shape index (κ3) is 2.51. The van der Waals surface area contributed by atoms with E-state index in [0.717, 1.165) is 11.8 Å². The SMILES string of the molecule is Cc1cccc(NC(=O)c2cc(C(=O)O)on2)n1. The van der Waals surface area contributed by atoms with Crippen LogP contribution in [0.1, 0.15) is 26.7 Å². The van der Waals surface area contributed by atoms with Gasteiger partial charge in [0.25, 0.3) is 5.91 Å². The average Bonchev–Trinajstić information content (AvgIpc) is 2.78. The van der Waals surface area contributed by atoms with Crippen molar-refractivity contribution in [3.05, 3.63) is 41.4 Å². The first kappa shape index (κ1) is 11.8. The van der Waals surface area contributed by atoms with Gasteiger partial charge < -0.3 is 14.9 Å². The van der Waals surface area contributed by atoms with Crippen molar-refractivity contribution in [2.24, 2.45) is 0 Å². The molecule has 0 atom stereocenters. The van der Waals surface area contributed by atoms with Crippen molar-refractivity contribution in [2.75, 3.05) is 5.32 Å². The van der Waals surface area contributed by atoms with E-state index in [2.05, 4.69) is 20.0 Å². The largest absolute Gasteiger partial charge is 0.475 e. The molecule has 0 aliphatic heterocycles. The van der Waals surface area contributed by atoms with Gasteiger partial charge in [-0.2, -0.15) is 0 Å². The third-order valence-electron chi connectivity index (χ3n) is 2.08. The fourth-order valence-corrected chi connectivity index (χ4v) is 1.28. The van der Waals surface area contributed by atoms with E-state index in [1.54, 1.807) is 25.1 Å². The van der Waals surface area contributed by atoms with Crippen LogP contribution < -0.4 is 5.32 Å². The van der Waals surface area contributed by atoms with Gasteiger partial charge in [-0.25, -0.2) is 9.78 Å². The van der Waals surface area contributed by atoms with Crippen LogP contribution in [0.3, 0.4) is 0 Å². The van der Waals surface area contributed by atoms with Crippen LogP contribution in [0, 0.1) is 6.92 Å². The van der Waals surface area contributed by atoms with Crippen LogP contribution in [-0.2, 0) is 0 Å². The highest BCUT2D eigenvalue weighted by molar-refractivity contribution is 6.03. The number of nitrogens with zero attached hydrogens (tertiary/aromatic N) is 2. The van der Waals surface area contributed by atoms with Crippen molar-refractivity contribution in [3.8, 4) is 0 Å². The molecule has 2 aromatic heterocycles. The van der Waals surface area contributed by atoms with Gasteiger partial charge in [0, 0.05) is 11.8 Å². The summed E-state index contributed by atoms with van der Waals surface area (Å²) in [5.74, 6) is -1.89. The van der Waals surface area contributed by atoms with E-state index in [4.69, 9.17) is 5.11 Å². The lowest BCUT2D eigenvalue weighted by Gasteiger charge is -2.01. The number of hydrogen-bond donors (Lipinski definition) is 2. The second-order valence-electron chi connectivity index (χ2n) is 3.50. The Morgan fingerprint density at radius 1 is 1.39 bits per heavy atom. The topological polar surface area (TPSA) is 105 Å². The predicted octanol–water partition coefficient (Wildman–Crippen LogP) is 1.33. The first-order valence-corrected chi connectivity index (χ1v) is 5.01. The summed E-state index contributed by atoms with van der Waals surface area (Å²) in [6.45, 7) is 1.79. The van der Waals surface area contributed by atoms with Crippen LogP contribution in [-0.4, -0.2) is 27.1 Å². The number of rotatable bonds is 3. The molecular weight excluding hydrogens is 238 g/mol. The zero-order chi connectivity index (χ0) is 13.1. The van der Waals surface area contributed by atoms with E-state index in [0.29, 0.717) is 5.82 Å². The van der Waals surface area contributed by atoms with Gasteiger partial charge in [0.05, 0.1) is 0 Å². The zero-order valence-corrected chi connectivity index (χ0v) is 9.38. The normalized spacial score (nSPS) is 10.1. The highest BCUT2D eigenvalue weighted by atomic mass is 16.5. The van der Waals surface area contributed by atoms with Gasteiger partial charge in [-0.15, -0.1) is 0 Å². The summed E-state index contributed by atoms with van der Waals surface area (Å²) in [7, 11) is 0. The predicted molar refractivity (Wildman–Crippen MR) is 60.4 cm³/mol. The number of aryl methyl sites for hydroxylation is 1. The second kappa shape index (κ2) is 4.66. The molecule has 0 aliphatic carbocycles. The number of carboxylic acid groups (broad SMARTS) is 1. The Hall–Kier alpha value is -2.70. The molecule has 0 unspecified atom stereocenters. The molecule has 2 heterocycles. The number of amides is 1. The molecule has 0 saturated carbocycles. The highest BCUT2D eigenvalue weighted by Gasteiger charge is 2.16. The van der Waals surface area contributed by atoms with E-state index in [1.807, 2.05) is 0 Å². The van der Waals surface area contributed by atoms with Crippen LogP contribution in [0.15, 0.2) is 28.8 Å². The quantitative estimate of drug-likeness (QED) is 0.847. The molecule has 1 amide bonds. The summed E-state index contributed by atoms with van der Waals surface area (Å²) in [6.07, 6.45) is 0. The summed E-state index contributed by atoms with van der Waals surface area (Å²) in [6, 6.07) is 6.19. The summed E-state index contributed by atoms with van der Waals surface area (Å²) in [5.41, 5.74) is 0.634. The highest BCUT2D eigenvalue weighted by Crippen LogP contribution is 2.08. The fourth-order valence-electron chi connectivity index (χ4n) is 1.28. The molecule has 0 saturated heterocycles. The van der Waals surface area contributed by atoms with Crippen LogP contribution in [0.4, 0.5) is 5.82 Å². The van der Waals surface area contributed by atoms with Gasteiger partial charge in [0.1, 0.15) is 5.82 Å². The van der Waals surface area contributed by atoms with Gasteiger partial charge >= 0.3 is 5.97 Å². The Kier molecular flexibility index (Phi) is 3.05. The molecular formula is C11H9N3O4. The summed E-state index contributed by atoms with van der Waals surface area (Å²) >= 11 is 0. The van der Waals surface area contributed by atoms with Crippen molar-refractivity contribution in [1.82, 2.24) is 10.1 Å². The molecule has 2 rings (SSSR count). The van der Waals surface area contributed by atoms with Gasteiger partial charge in [-0.05, 0) is 19.1 Å². The van der Waals surface area contributed by atoms with Crippen molar-refractivity contribution < 1.29 is 19.2 Å². The number of aromatic nitrogens is 2. The van der Waals surface area contributed by atoms with Gasteiger partial charge in [-0.1, -0.05) is 11.2 Å². The maximum Gasteiger partial charge on any atom is 0.374 e. The van der Waals surface area contributed by atoms with Crippen LogP contribution in [0.25, 0.3) is 0 Å². The first-order valence-electron chi connectivity index (χ1n) is 5.01. The molecule has 0 spiro atoms. The molecule has 0 fully saturated rings. The third-order valence-corrected chi connectivity index (χ3v) is 2.08. The lowest BCUT2D eigenvalue weighted by molar-refractivity contribution is 0.0651. The molecule has 0 aliphatic rings. The molecule has 7 heteroatoms. The summed E-state index contributed by atoms with van der Waals surface area (Å²) in [5, 5.41) is 14.5. The average molecular weight is 247 g/mol. The Balaban J connectivity index is 2.14. The van der Waals surface area contributed by atoms with Crippen molar-refractivity contribution in [3.63, 3.8) is 0 Å². The summed E-state index contributed by atoms with van der Waals surface area (Å²) < 4.78 is 4.48. The van der Waals surface area contributed by atoms with Gasteiger partial charge in [0.15, 0.2) is 5.69 Å². The lowest BCUT2D eigenvalue weighted by atomic mass is 10.3. The molecule has 0 radical (unpaired) electrons. The maximum absolute atomic E-state index is 11.7.